The molecule has 1 heterocycles. The fraction of sp³-hybridized carbons (Fsp3) is 0.150. The second-order valence-electron chi connectivity index (χ2n) is 6.06. The number of para-hydroxylation sites is 1. The molecule has 1 aromatic heterocycles. The Kier molecular flexibility index (Phi) is 4.93. The van der Waals surface area contributed by atoms with E-state index < -0.39 is 0 Å². The van der Waals surface area contributed by atoms with E-state index in [9.17, 15) is 14.0 Å². The lowest BCUT2D eigenvalue weighted by Gasteiger charge is -2.12. The van der Waals surface area contributed by atoms with Gasteiger partial charge in [-0.2, -0.15) is 0 Å². The van der Waals surface area contributed by atoms with Crippen LogP contribution in [-0.2, 0) is 11.3 Å². The zero-order chi connectivity index (χ0) is 18.7. The summed E-state index contributed by atoms with van der Waals surface area (Å²) in [5, 5.41) is 2.84. The third kappa shape index (κ3) is 3.85. The van der Waals surface area contributed by atoms with Crippen LogP contribution in [-0.4, -0.2) is 15.5 Å². The topological polar surface area (TPSA) is 64.0 Å². The van der Waals surface area contributed by atoms with Crippen molar-refractivity contribution in [1.29, 1.82) is 0 Å². The standard InChI is InChI=1S/C20H18FN3O2/c1-13-4-3-5-14(2)20(13)23-18(25)11-24-12-22-17(10-19(24)26)15-6-8-16(21)9-7-15/h3-10,12H,11H2,1-2H3,(H,23,25). The Morgan fingerprint density at radius 1 is 1.12 bits per heavy atom. The summed E-state index contributed by atoms with van der Waals surface area (Å²) in [4.78, 5) is 28.8. The predicted octanol–water partition coefficient (Wildman–Crippen LogP) is 3.30. The van der Waals surface area contributed by atoms with Crippen molar-refractivity contribution in [3.63, 3.8) is 0 Å². The number of carbonyl (C=O) groups excluding carboxylic acids is 1. The van der Waals surface area contributed by atoms with Crippen LogP contribution in [0.5, 0.6) is 0 Å². The number of nitrogens with zero attached hydrogens (tertiary/aromatic N) is 2. The van der Waals surface area contributed by atoms with Gasteiger partial charge in [0.25, 0.3) is 5.56 Å². The minimum atomic E-state index is -0.356. The van der Waals surface area contributed by atoms with E-state index in [2.05, 4.69) is 10.3 Å². The Morgan fingerprint density at radius 2 is 1.77 bits per heavy atom. The first kappa shape index (κ1) is 17.5. The molecule has 0 saturated carbocycles. The van der Waals surface area contributed by atoms with Crippen molar-refractivity contribution >= 4 is 11.6 Å². The zero-order valence-electron chi connectivity index (χ0n) is 14.5. The lowest BCUT2D eigenvalue weighted by atomic mass is 10.1. The summed E-state index contributed by atoms with van der Waals surface area (Å²) in [6.07, 6.45) is 1.32. The molecular weight excluding hydrogens is 333 g/mol. The van der Waals surface area contributed by atoms with Gasteiger partial charge in [-0.3, -0.25) is 14.2 Å². The third-order valence-corrected chi connectivity index (χ3v) is 4.08. The number of hydrogen-bond acceptors (Lipinski definition) is 3. The van der Waals surface area contributed by atoms with Gasteiger partial charge < -0.3 is 5.32 Å². The highest BCUT2D eigenvalue weighted by Gasteiger charge is 2.10. The van der Waals surface area contributed by atoms with Crippen molar-refractivity contribution in [3.05, 3.63) is 82.2 Å². The Bertz CT molecular complexity index is 990. The van der Waals surface area contributed by atoms with Gasteiger partial charge in [-0.05, 0) is 49.2 Å². The normalized spacial score (nSPS) is 10.6. The molecule has 0 aliphatic carbocycles. The summed E-state index contributed by atoms with van der Waals surface area (Å²) in [6, 6.07) is 12.8. The largest absolute Gasteiger partial charge is 0.324 e. The molecule has 132 valence electrons. The van der Waals surface area contributed by atoms with E-state index in [1.54, 1.807) is 12.1 Å². The van der Waals surface area contributed by atoms with Crippen molar-refractivity contribution < 1.29 is 9.18 Å². The number of amides is 1. The molecule has 0 saturated heterocycles. The minimum Gasteiger partial charge on any atom is -0.324 e. The molecule has 3 rings (SSSR count). The van der Waals surface area contributed by atoms with Crippen molar-refractivity contribution in [2.24, 2.45) is 0 Å². The molecular formula is C20H18FN3O2. The van der Waals surface area contributed by atoms with Gasteiger partial charge in [0.2, 0.25) is 5.91 Å². The molecule has 1 N–H and O–H groups in total. The van der Waals surface area contributed by atoms with Gasteiger partial charge in [0.1, 0.15) is 12.4 Å². The number of hydrogen-bond donors (Lipinski definition) is 1. The van der Waals surface area contributed by atoms with Crippen LogP contribution in [0.15, 0.2) is 59.7 Å². The van der Waals surface area contributed by atoms with Crippen LogP contribution in [0, 0.1) is 19.7 Å². The summed E-state index contributed by atoms with van der Waals surface area (Å²) in [5.41, 5.74) is 3.38. The summed E-state index contributed by atoms with van der Waals surface area (Å²) in [5.74, 6) is -0.661. The van der Waals surface area contributed by atoms with Crippen molar-refractivity contribution in [3.8, 4) is 11.3 Å². The number of aromatic nitrogens is 2. The van der Waals surface area contributed by atoms with Gasteiger partial charge >= 0.3 is 0 Å². The molecule has 0 spiro atoms. The Balaban J connectivity index is 1.77. The van der Waals surface area contributed by atoms with Crippen LogP contribution in [0.1, 0.15) is 11.1 Å². The Morgan fingerprint density at radius 3 is 2.38 bits per heavy atom. The monoisotopic (exact) mass is 351 g/mol. The molecule has 26 heavy (non-hydrogen) atoms. The van der Waals surface area contributed by atoms with E-state index in [0.29, 0.717) is 11.3 Å². The number of nitrogens with one attached hydrogen (secondary N) is 1. The second-order valence-corrected chi connectivity index (χ2v) is 6.06. The number of benzene rings is 2. The third-order valence-electron chi connectivity index (χ3n) is 4.08. The van der Waals surface area contributed by atoms with Crippen LogP contribution < -0.4 is 10.9 Å². The van der Waals surface area contributed by atoms with Gasteiger partial charge in [0.15, 0.2) is 0 Å². The molecule has 6 heteroatoms. The minimum absolute atomic E-state index is 0.136. The van der Waals surface area contributed by atoms with Crippen molar-refractivity contribution in [1.82, 2.24) is 9.55 Å². The van der Waals surface area contributed by atoms with E-state index >= 15 is 0 Å². The first-order valence-electron chi connectivity index (χ1n) is 8.12. The highest BCUT2D eigenvalue weighted by atomic mass is 19.1. The van der Waals surface area contributed by atoms with Crippen LogP contribution in [0.4, 0.5) is 10.1 Å². The molecule has 3 aromatic rings. The number of carbonyl (C=O) groups is 1. The SMILES string of the molecule is Cc1cccc(C)c1NC(=O)Cn1cnc(-c2ccc(F)cc2)cc1=O. The number of rotatable bonds is 4. The molecule has 1 amide bonds. The lowest BCUT2D eigenvalue weighted by molar-refractivity contribution is -0.116. The molecule has 2 aromatic carbocycles. The zero-order valence-corrected chi connectivity index (χ0v) is 14.5. The second kappa shape index (κ2) is 7.31. The average Bonchev–Trinajstić information content (AvgIpc) is 2.61. The van der Waals surface area contributed by atoms with Crippen LogP contribution in [0.3, 0.4) is 0 Å². The van der Waals surface area contributed by atoms with Crippen molar-refractivity contribution in [2.45, 2.75) is 20.4 Å². The van der Waals surface area contributed by atoms with E-state index in [1.807, 2.05) is 32.0 Å². The highest BCUT2D eigenvalue weighted by Crippen LogP contribution is 2.19. The quantitative estimate of drug-likeness (QED) is 0.784. The summed E-state index contributed by atoms with van der Waals surface area (Å²) < 4.78 is 14.2. The molecule has 0 bridgehead atoms. The van der Waals surface area contributed by atoms with Gasteiger partial charge in [-0.25, -0.2) is 9.37 Å². The number of anilines is 1. The fourth-order valence-corrected chi connectivity index (χ4v) is 2.67. The average molecular weight is 351 g/mol. The molecule has 0 atom stereocenters. The van der Waals surface area contributed by atoms with Gasteiger partial charge in [-0.15, -0.1) is 0 Å². The van der Waals surface area contributed by atoms with Gasteiger partial charge in [0.05, 0.1) is 12.0 Å². The maximum atomic E-state index is 13.0. The van der Waals surface area contributed by atoms with Crippen LogP contribution >= 0.6 is 0 Å². The predicted molar refractivity (Wildman–Crippen MR) is 98.4 cm³/mol. The molecule has 5 nitrogen and oxygen atoms in total. The first-order chi connectivity index (χ1) is 12.4. The highest BCUT2D eigenvalue weighted by molar-refractivity contribution is 5.92. The smallest absolute Gasteiger partial charge is 0.254 e. The van der Waals surface area contributed by atoms with Gasteiger partial charge in [-0.1, -0.05) is 18.2 Å². The van der Waals surface area contributed by atoms with Crippen LogP contribution in [0.25, 0.3) is 11.3 Å². The molecule has 0 aliphatic rings. The Labute approximate surface area is 150 Å². The molecule has 0 aliphatic heterocycles. The van der Waals surface area contributed by atoms with Crippen LogP contribution in [0.2, 0.25) is 0 Å². The van der Waals surface area contributed by atoms with E-state index in [4.69, 9.17) is 0 Å². The Hall–Kier alpha value is -3.28. The molecule has 0 fully saturated rings. The van der Waals surface area contributed by atoms with E-state index in [-0.39, 0.29) is 23.8 Å². The number of halogens is 1. The summed E-state index contributed by atoms with van der Waals surface area (Å²) >= 11 is 0. The molecule has 0 radical (unpaired) electrons. The maximum Gasteiger partial charge on any atom is 0.254 e. The van der Waals surface area contributed by atoms with E-state index in [0.717, 1.165) is 16.8 Å². The van der Waals surface area contributed by atoms with Gasteiger partial charge in [0, 0.05) is 17.3 Å². The van der Waals surface area contributed by atoms with Crippen molar-refractivity contribution in [2.75, 3.05) is 5.32 Å². The summed E-state index contributed by atoms with van der Waals surface area (Å²) in [7, 11) is 0. The van der Waals surface area contributed by atoms with E-state index in [1.165, 1.54) is 29.1 Å². The maximum absolute atomic E-state index is 13.0. The fourth-order valence-electron chi connectivity index (χ4n) is 2.67. The number of aryl methyl sites for hydroxylation is 2. The molecule has 0 unspecified atom stereocenters. The first-order valence-corrected chi connectivity index (χ1v) is 8.12. The summed E-state index contributed by atoms with van der Waals surface area (Å²) in [6.45, 7) is 3.69. The lowest BCUT2D eigenvalue weighted by Crippen LogP contribution is -2.27.